The van der Waals surface area contributed by atoms with Crippen LogP contribution in [-0.2, 0) is 6.54 Å². The normalized spacial score (nSPS) is 15.3. The van der Waals surface area contributed by atoms with Crippen molar-refractivity contribution >= 4 is 52.4 Å². The van der Waals surface area contributed by atoms with Crippen LogP contribution in [-0.4, -0.2) is 42.4 Å². The number of benzene rings is 2. The van der Waals surface area contributed by atoms with Gasteiger partial charge in [-0.25, -0.2) is 0 Å². The molecule has 0 aliphatic carbocycles. The van der Waals surface area contributed by atoms with E-state index in [0.717, 1.165) is 38.3 Å². The van der Waals surface area contributed by atoms with Gasteiger partial charge in [-0.2, -0.15) is 5.10 Å². The summed E-state index contributed by atoms with van der Waals surface area (Å²) >= 11 is 16.8. The summed E-state index contributed by atoms with van der Waals surface area (Å²) in [5.74, 6) is 0. The number of rotatable bonds is 5. The Morgan fingerprint density at radius 2 is 1.78 bits per heavy atom. The maximum atomic E-state index is 6.11. The van der Waals surface area contributed by atoms with Crippen molar-refractivity contribution in [3.63, 3.8) is 0 Å². The molecule has 0 unspecified atom stereocenters. The SMILES string of the molecule is NC(=S)NN=Cc1ccc(N2CCN(Cc3ccc(Cl)c(Cl)c3)CC2)cc1. The molecule has 2 aromatic carbocycles. The van der Waals surface area contributed by atoms with Crippen molar-refractivity contribution in [2.75, 3.05) is 31.1 Å². The number of anilines is 1. The number of piperazine rings is 1. The molecule has 1 fully saturated rings. The third-order valence-electron chi connectivity index (χ3n) is 4.41. The molecular weight excluding hydrogens is 401 g/mol. The Hall–Kier alpha value is -1.86. The highest BCUT2D eigenvalue weighted by molar-refractivity contribution is 7.80. The van der Waals surface area contributed by atoms with E-state index in [1.165, 1.54) is 11.3 Å². The van der Waals surface area contributed by atoms with E-state index in [1.807, 2.05) is 30.3 Å². The van der Waals surface area contributed by atoms with Crippen LogP contribution in [0.3, 0.4) is 0 Å². The van der Waals surface area contributed by atoms with E-state index in [0.29, 0.717) is 10.0 Å². The van der Waals surface area contributed by atoms with E-state index in [4.69, 9.17) is 41.2 Å². The topological polar surface area (TPSA) is 56.9 Å². The maximum absolute atomic E-state index is 6.11. The number of hydrogen-bond acceptors (Lipinski definition) is 4. The van der Waals surface area contributed by atoms with Crippen LogP contribution in [0.1, 0.15) is 11.1 Å². The highest BCUT2D eigenvalue weighted by atomic mass is 35.5. The van der Waals surface area contributed by atoms with Crippen molar-refractivity contribution in [1.82, 2.24) is 10.3 Å². The average molecular weight is 422 g/mol. The Morgan fingerprint density at radius 1 is 1.07 bits per heavy atom. The second kappa shape index (κ2) is 9.37. The minimum atomic E-state index is 0.154. The molecule has 142 valence electrons. The molecule has 3 N–H and O–H groups in total. The molecule has 1 heterocycles. The van der Waals surface area contributed by atoms with Crippen molar-refractivity contribution < 1.29 is 0 Å². The predicted octanol–water partition coefficient (Wildman–Crippen LogP) is 3.48. The fourth-order valence-corrected chi connectivity index (χ4v) is 3.38. The highest BCUT2D eigenvalue weighted by Crippen LogP contribution is 2.24. The van der Waals surface area contributed by atoms with E-state index in [9.17, 15) is 0 Å². The van der Waals surface area contributed by atoms with Crippen LogP contribution in [0.4, 0.5) is 5.69 Å². The molecule has 0 saturated carbocycles. The molecular formula is C19H21Cl2N5S. The summed E-state index contributed by atoms with van der Waals surface area (Å²) in [6.07, 6.45) is 1.69. The Morgan fingerprint density at radius 3 is 2.41 bits per heavy atom. The van der Waals surface area contributed by atoms with Gasteiger partial charge >= 0.3 is 0 Å². The lowest BCUT2D eigenvalue weighted by atomic mass is 10.1. The summed E-state index contributed by atoms with van der Waals surface area (Å²) < 4.78 is 0. The Kier molecular flexibility index (Phi) is 6.90. The quantitative estimate of drug-likeness (QED) is 0.439. The molecule has 0 atom stereocenters. The summed E-state index contributed by atoms with van der Waals surface area (Å²) in [4.78, 5) is 4.82. The van der Waals surface area contributed by atoms with Gasteiger partial charge < -0.3 is 10.6 Å². The zero-order valence-corrected chi connectivity index (χ0v) is 17.1. The molecule has 0 bridgehead atoms. The van der Waals surface area contributed by atoms with Crippen LogP contribution in [0.15, 0.2) is 47.6 Å². The van der Waals surface area contributed by atoms with E-state index in [1.54, 1.807) is 6.21 Å². The Bertz CT molecular complexity index is 817. The third-order valence-corrected chi connectivity index (χ3v) is 5.24. The lowest BCUT2D eigenvalue weighted by Gasteiger charge is -2.36. The van der Waals surface area contributed by atoms with Crippen molar-refractivity contribution in [2.45, 2.75) is 6.54 Å². The molecule has 27 heavy (non-hydrogen) atoms. The highest BCUT2D eigenvalue weighted by Gasteiger charge is 2.17. The van der Waals surface area contributed by atoms with Crippen molar-refractivity contribution in [3.05, 3.63) is 63.6 Å². The van der Waals surface area contributed by atoms with Crippen LogP contribution in [0.2, 0.25) is 10.0 Å². The molecule has 0 aromatic heterocycles. The summed E-state index contributed by atoms with van der Waals surface area (Å²) in [5.41, 5.74) is 11.3. The van der Waals surface area contributed by atoms with E-state index < -0.39 is 0 Å². The number of nitrogens with zero attached hydrogens (tertiary/aromatic N) is 3. The molecule has 2 aromatic rings. The van der Waals surface area contributed by atoms with Gasteiger partial charge in [0, 0.05) is 38.4 Å². The minimum absolute atomic E-state index is 0.154. The van der Waals surface area contributed by atoms with E-state index >= 15 is 0 Å². The predicted molar refractivity (Wildman–Crippen MR) is 118 cm³/mol. The first-order valence-corrected chi connectivity index (χ1v) is 9.77. The molecule has 0 radical (unpaired) electrons. The second-order valence-corrected chi connectivity index (χ2v) is 7.59. The first kappa shape index (κ1) is 19.9. The number of halogens is 2. The molecule has 3 rings (SSSR count). The zero-order chi connectivity index (χ0) is 19.2. The Labute approximate surface area is 174 Å². The Balaban J connectivity index is 1.52. The van der Waals surface area contributed by atoms with Gasteiger partial charge in [-0.3, -0.25) is 10.3 Å². The van der Waals surface area contributed by atoms with Crippen molar-refractivity contribution in [1.29, 1.82) is 0 Å². The van der Waals surface area contributed by atoms with Gasteiger partial charge in [0.15, 0.2) is 5.11 Å². The lowest BCUT2D eigenvalue weighted by Crippen LogP contribution is -2.45. The van der Waals surface area contributed by atoms with Gasteiger partial charge in [0.25, 0.3) is 0 Å². The van der Waals surface area contributed by atoms with Gasteiger partial charge in [-0.05, 0) is 47.6 Å². The van der Waals surface area contributed by atoms with Crippen LogP contribution >= 0.6 is 35.4 Å². The maximum Gasteiger partial charge on any atom is 0.184 e. The number of hydrazone groups is 1. The van der Waals surface area contributed by atoms with Gasteiger partial charge in [0.2, 0.25) is 0 Å². The zero-order valence-electron chi connectivity index (χ0n) is 14.7. The van der Waals surface area contributed by atoms with E-state index in [2.05, 4.69) is 32.5 Å². The van der Waals surface area contributed by atoms with Crippen LogP contribution < -0.4 is 16.1 Å². The fourth-order valence-electron chi connectivity index (χ4n) is 3.00. The van der Waals surface area contributed by atoms with Crippen LogP contribution in [0.25, 0.3) is 0 Å². The third kappa shape index (κ3) is 5.81. The summed E-state index contributed by atoms with van der Waals surface area (Å²) in [6, 6.07) is 14.1. The first-order chi connectivity index (χ1) is 13.0. The molecule has 5 nitrogen and oxygen atoms in total. The van der Waals surface area contributed by atoms with Gasteiger partial charge in [-0.15, -0.1) is 0 Å². The number of nitrogens with two attached hydrogens (primary N) is 1. The minimum Gasteiger partial charge on any atom is -0.375 e. The summed E-state index contributed by atoms with van der Waals surface area (Å²) in [7, 11) is 0. The van der Waals surface area contributed by atoms with Crippen molar-refractivity contribution in [2.24, 2.45) is 10.8 Å². The van der Waals surface area contributed by atoms with Gasteiger partial charge in [0.1, 0.15) is 0 Å². The average Bonchev–Trinajstić information content (AvgIpc) is 2.66. The molecule has 0 amide bonds. The number of hydrogen-bond donors (Lipinski definition) is 2. The van der Waals surface area contributed by atoms with Gasteiger partial charge in [-0.1, -0.05) is 41.4 Å². The molecule has 8 heteroatoms. The van der Waals surface area contributed by atoms with Crippen LogP contribution in [0.5, 0.6) is 0 Å². The summed E-state index contributed by atoms with van der Waals surface area (Å²) in [5, 5.41) is 5.33. The fraction of sp³-hybridized carbons (Fsp3) is 0.263. The molecule has 0 spiro atoms. The lowest BCUT2D eigenvalue weighted by molar-refractivity contribution is 0.250. The van der Waals surface area contributed by atoms with Crippen molar-refractivity contribution in [3.8, 4) is 0 Å². The number of thiocarbonyl (C=S) groups is 1. The number of nitrogens with one attached hydrogen (secondary N) is 1. The second-order valence-electron chi connectivity index (χ2n) is 6.34. The molecule has 1 saturated heterocycles. The first-order valence-electron chi connectivity index (χ1n) is 8.61. The standard InChI is InChI=1S/C19H21Cl2N5S/c20-17-6-3-15(11-18(17)21)13-25-7-9-26(10-8-25)16-4-1-14(2-5-16)12-23-24-19(22)27/h1-6,11-12H,7-10,13H2,(H3,22,24,27). The largest absolute Gasteiger partial charge is 0.375 e. The smallest absolute Gasteiger partial charge is 0.184 e. The van der Waals surface area contributed by atoms with E-state index in [-0.39, 0.29) is 5.11 Å². The monoisotopic (exact) mass is 421 g/mol. The molecule has 1 aliphatic rings. The summed E-state index contributed by atoms with van der Waals surface area (Å²) in [6.45, 7) is 4.86. The van der Waals surface area contributed by atoms with Gasteiger partial charge in [0.05, 0.1) is 16.3 Å². The molecule has 1 aliphatic heterocycles. The van der Waals surface area contributed by atoms with Crippen LogP contribution in [0, 0.1) is 0 Å².